The van der Waals surface area contributed by atoms with Gasteiger partial charge in [-0.1, -0.05) is 24.3 Å². The van der Waals surface area contributed by atoms with E-state index in [0.717, 1.165) is 32.1 Å². The van der Waals surface area contributed by atoms with Crippen molar-refractivity contribution in [1.82, 2.24) is 20.0 Å². The molecule has 2 heterocycles. The van der Waals surface area contributed by atoms with Crippen LogP contribution in [0, 0.1) is 0 Å². The summed E-state index contributed by atoms with van der Waals surface area (Å²) in [5, 5.41) is 3.42. The summed E-state index contributed by atoms with van der Waals surface area (Å²) in [7, 11) is 2.15. The van der Waals surface area contributed by atoms with E-state index in [0.29, 0.717) is 31.4 Å². The molecule has 1 aromatic carbocycles. The fraction of sp³-hybridized carbons (Fsp3) is 0.500. The Kier molecular flexibility index (Phi) is 10.5. The van der Waals surface area contributed by atoms with E-state index >= 15 is 0 Å². The number of guanidine groups is 1. The standard InChI is InChI=1S/C24H35N5O2.HI/c1-5-25-24(26-17-20-9-6-7-10-21(20)18-27(4)19(2)3)29-14-12-28(13-15-29)23(30)22-11-8-16-31-22;/h6-11,16,19H,5,12-15,17-18H2,1-4H3,(H,25,26);1H. The topological polar surface area (TPSA) is 64.3 Å². The molecule has 1 aliphatic heterocycles. The van der Waals surface area contributed by atoms with Gasteiger partial charge in [0.25, 0.3) is 5.91 Å². The zero-order valence-electron chi connectivity index (χ0n) is 19.6. The number of hydrogen-bond acceptors (Lipinski definition) is 4. The zero-order valence-corrected chi connectivity index (χ0v) is 21.9. The summed E-state index contributed by atoms with van der Waals surface area (Å²) in [5.41, 5.74) is 2.56. The van der Waals surface area contributed by atoms with Gasteiger partial charge in [-0.3, -0.25) is 9.69 Å². The summed E-state index contributed by atoms with van der Waals surface area (Å²) in [6.45, 7) is 11.6. The molecule has 0 saturated carbocycles. The molecule has 1 aromatic heterocycles. The van der Waals surface area contributed by atoms with E-state index in [1.165, 1.54) is 17.4 Å². The van der Waals surface area contributed by atoms with Crippen molar-refractivity contribution in [2.24, 2.45) is 4.99 Å². The van der Waals surface area contributed by atoms with E-state index in [1.54, 1.807) is 12.1 Å². The summed E-state index contributed by atoms with van der Waals surface area (Å²) in [4.78, 5) is 23.9. The van der Waals surface area contributed by atoms with E-state index in [1.807, 2.05) is 4.90 Å². The smallest absolute Gasteiger partial charge is 0.289 e. The van der Waals surface area contributed by atoms with Crippen LogP contribution < -0.4 is 5.32 Å². The van der Waals surface area contributed by atoms with Crippen LogP contribution in [0.5, 0.6) is 0 Å². The molecule has 0 atom stereocenters. The monoisotopic (exact) mass is 553 g/mol. The predicted octanol–water partition coefficient (Wildman–Crippen LogP) is 3.66. The van der Waals surface area contributed by atoms with Crippen molar-refractivity contribution < 1.29 is 9.21 Å². The first-order valence-electron chi connectivity index (χ1n) is 11.1. The Balaban J connectivity index is 0.00000363. The molecule has 8 heteroatoms. The number of nitrogens with one attached hydrogen (secondary N) is 1. The maximum Gasteiger partial charge on any atom is 0.289 e. The second kappa shape index (κ2) is 12.8. The SMILES string of the molecule is CCNC(=NCc1ccccc1CN(C)C(C)C)N1CCN(C(=O)c2ccco2)CC1.I. The van der Waals surface area contributed by atoms with Gasteiger partial charge in [0, 0.05) is 45.3 Å². The number of carbonyl (C=O) groups is 1. The second-order valence-corrected chi connectivity index (χ2v) is 8.20. The van der Waals surface area contributed by atoms with E-state index in [2.05, 4.69) is 67.2 Å². The highest BCUT2D eigenvalue weighted by Crippen LogP contribution is 2.15. The van der Waals surface area contributed by atoms with E-state index in [-0.39, 0.29) is 29.9 Å². The van der Waals surface area contributed by atoms with Crippen LogP contribution >= 0.6 is 24.0 Å². The highest BCUT2D eigenvalue weighted by atomic mass is 127. The van der Waals surface area contributed by atoms with Gasteiger partial charge in [-0.05, 0) is 51.1 Å². The summed E-state index contributed by atoms with van der Waals surface area (Å²) >= 11 is 0. The van der Waals surface area contributed by atoms with Gasteiger partial charge in [-0.25, -0.2) is 4.99 Å². The maximum absolute atomic E-state index is 12.5. The van der Waals surface area contributed by atoms with Crippen LogP contribution in [0.2, 0.25) is 0 Å². The van der Waals surface area contributed by atoms with Crippen molar-refractivity contribution in [2.75, 3.05) is 39.8 Å². The fourth-order valence-electron chi connectivity index (χ4n) is 3.58. The van der Waals surface area contributed by atoms with Crippen molar-refractivity contribution >= 4 is 35.8 Å². The highest BCUT2D eigenvalue weighted by molar-refractivity contribution is 14.0. The Bertz CT molecular complexity index is 861. The molecule has 7 nitrogen and oxygen atoms in total. The lowest BCUT2D eigenvalue weighted by molar-refractivity contribution is 0.0657. The number of halogens is 1. The first kappa shape index (κ1) is 26.2. The van der Waals surface area contributed by atoms with Crippen molar-refractivity contribution in [2.45, 2.75) is 39.9 Å². The molecule has 1 saturated heterocycles. The minimum Gasteiger partial charge on any atom is -0.459 e. The molecule has 2 aromatic rings. The molecule has 0 radical (unpaired) electrons. The lowest BCUT2D eigenvalue weighted by Gasteiger charge is -2.36. The van der Waals surface area contributed by atoms with Crippen molar-refractivity contribution in [3.63, 3.8) is 0 Å². The average Bonchev–Trinajstić information content (AvgIpc) is 3.32. The highest BCUT2D eigenvalue weighted by Gasteiger charge is 2.25. The number of carbonyl (C=O) groups excluding carboxylic acids is 1. The molecule has 0 bridgehead atoms. The van der Waals surface area contributed by atoms with E-state index in [9.17, 15) is 4.79 Å². The molecule has 3 rings (SSSR count). The van der Waals surface area contributed by atoms with Gasteiger partial charge in [-0.2, -0.15) is 0 Å². The lowest BCUT2D eigenvalue weighted by atomic mass is 10.1. The number of aliphatic imine (C=N–C) groups is 1. The van der Waals surface area contributed by atoms with E-state index < -0.39 is 0 Å². The van der Waals surface area contributed by atoms with Crippen molar-refractivity contribution in [3.05, 3.63) is 59.5 Å². The zero-order chi connectivity index (χ0) is 22.2. The van der Waals surface area contributed by atoms with Crippen LogP contribution in [-0.2, 0) is 13.1 Å². The van der Waals surface area contributed by atoms with Crippen LogP contribution in [0.3, 0.4) is 0 Å². The van der Waals surface area contributed by atoms with Crippen molar-refractivity contribution in [3.8, 4) is 0 Å². The third-order valence-corrected chi connectivity index (χ3v) is 5.75. The minimum atomic E-state index is -0.0465. The maximum atomic E-state index is 12.5. The molecule has 32 heavy (non-hydrogen) atoms. The van der Waals surface area contributed by atoms with Crippen LogP contribution in [0.1, 0.15) is 42.5 Å². The summed E-state index contributed by atoms with van der Waals surface area (Å²) in [5.74, 6) is 1.26. The third-order valence-electron chi connectivity index (χ3n) is 5.75. The van der Waals surface area contributed by atoms with Crippen molar-refractivity contribution in [1.29, 1.82) is 0 Å². The van der Waals surface area contributed by atoms with Crippen LogP contribution in [-0.4, -0.2) is 72.4 Å². The van der Waals surface area contributed by atoms with Gasteiger partial charge in [-0.15, -0.1) is 24.0 Å². The molecule has 1 aliphatic rings. The number of hydrogen-bond donors (Lipinski definition) is 1. The number of benzene rings is 1. The number of rotatable bonds is 7. The molecule has 0 aliphatic carbocycles. The Morgan fingerprint density at radius 2 is 1.75 bits per heavy atom. The van der Waals surface area contributed by atoms with E-state index in [4.69, 9.17) is 9.41 Å². The summed E-state index contributed by atoms with van der Waals surface area (Å²) in [6, 6.07) is 12.5. The Morgan fingerprint density at radius 3 is 2.34 bits per heavy atom. The first-order valence-corrected chi connectivity index (χ1v) is 11.1. The van der Waals surface area contributed by atoms with Gasteiger partial charge >= 0.3 is 0 Å². The number of piperazine rings is 1. The van der Waals surface area contributed by atoms with Gasteiger partial charge < -0.3 is 19.5 Å². The normalized spacial score (nSPS) is 14.6. The molecule has 1 fully saturated rings. The quantitative estimate of drug-likeness (QED) is 0.322. The largest absolute Gasteiger partial charge is 0.459 e. The molecule has 0 spiro atoms. The van der Waals surface area contributed by atoms with Gasteiger partial charge in [0.15, 0.2) is 11.7 Å². The number of furan rings is 1. The van der Waals surface area contributed by atoms with Gasteiger partial charge in [0.05, 0.1) is 12.8 Å². The Hall–Kier alpha value is -2.07. The van der Waals surface area contributed by atoms with Crippen LogP contribution in [0.25, 0.3) is 0 Å². The Morgan fingerprint density at radius 1 is 1.09 bits per heavy atom. The number of nitrogens with zero attached hydrogens (tertiary/aromatic N) is 4. The molecular formula is C24H36IN5O2. The summed E-state index contributed by atoms with van der Waals surface area (Å²) in [6.07, 6.45) is 1.54. The van der Waals surface area contributed by atoms with Crippen LogP contribution in [0.15, 0.2) is 52.1 Å². The molecule has 1 N–H and O–H groups in total. The molecular weight excluding hydrogens is 517 g/mol. The fourth-order valence-corrected chi connectivity index (χ4v) is 3.58. The molecule has 176 valence electrons. The number of amides is 1. The van der Waals surface area contributed by atoms with Gasteiger partial charge in [0.2, 0.25) is 0 Å². The minimum absolute atomic E-state index is 0. The average molecular weight is 553 g/mol. The Labute approximate surface area is 208 Å². The van der Waals surface area contributed by atoms with Crippen LogP contribution in [0.4, 0.5) is 0 Å². The first-order chi connectivity index (χ1) is 15.0. The summed E-state index contributed by atoms with van der Waals surface area (Å²) < 4.78 is 5.26. The predicted molar refractivity (Wildman–Crippen MR) is 139 cm³/mol. The second-order valence-electron chi connectivity index (χ2n) is 8.20. The van der Waals surface area contributed by atoms with Gasteiger partial charge in [0.1, 0.15) is 0 Å². The lowest BCUT2D eigenvalue weighted by Crippen LogP contribution is -2.53. The molecule has 1 amide bonds. The molecule has 0 unspecified atom stereocenters. The third kappa shape index (κ3) is 6.96.